The molecule has 120 valence electrons. The van der Waals surface area contributed by atoms with Crippen LogP contribution < -0.4 is 5.32 Å². The normalized spacial score (nSPS) is 13.2. The summed E-state index contributed by atoms with van der Waals surface area (Å²) in [4.78, 5) is 14.2. The number of thioether (sulfide) groups is 1. The molecule has 0 unspecified atom stereocenters. The van der Waals surface area contributed by atoms with Gasteiger partial charge in [0.15, 0.2) is 0 Å². The summed E-state index contributed by atoms with van der Waals surface area (Å²) in [5.41, 5.74) is 1.07. The first-order valence-corrected chi connectivity index (χ1v) is 8.78. The zero-order chi connectivity index (χ0) is 16.7. The first kappa shape index (κ1) is 17.6. The lowest BCUT2D eigenvalue weighted by Gasteiger charge is -2.16. The number of carbonyl (C=O) groups excluding carboxylic acids is 1. The van der Waals surface area contributed by atoms with Crippen LogP contribution in [0.25, 0.3) is 0 Å². The molecule has 2 rings (SSSR count). The van der Waals surface area contributed by atoms with E-state index in [2.05, 4.69) is 5.32 Å². The molecule has 0 aromatic heterocycles. The second-order valence-corrected chi connectivity index (χ2v) is 6.65. The molecule has 1 N–H and O–H groups in total. The van der Waals surface area contributed by atoms with Crippen molar-refractivity contribution in [3.63, 3.8) is 0 Å². The molecule has 2 nitrogen and oxygen atoms in total. The van der Waals surface area contributed by atoms with E-state index in [0.717, 1.165) is 10.5 Å². The Bertz CT molecular complexity index is 670. The van der Waals surface area contributed by atoms with Crippen molar-refractivity contribution in [1.29, 1.82) is 0 Å². The van der Waals surface area contributed by atoms with E-state index in [1.54, 1.807) is 0 Å². The molecule has 1 amide bonds. The summed E-state index contributed by atoms with van der Waals surface area (Å²) in [6.07, 6.45) is 0.629. The predicted octanol–water partition coefficient (Wildman–Crippen LogP) is 5.52. The third-order valence-electron chi connectivity index (χ3n) is 3.37. The number of allylic oxidation sites excluding steroid dienone is 1. The topological polar surface area (TPSA) is 29.1 Å². The molecule has 0 aliphatic rings. The second-order valence-electron chi connectivity index (χ2n) is 5.11. The van der Waals surface area contributed by atoms with Crippen molar-refractivity contribution in [2.45, 2.75) is 31.2 Å². The van der Waals surface area contributed by atoms with Gasteiger partial charge in [-0.1, -0.05) is 78.8 Å². The Labute approximate surface area is 146 Å². The molecular weight excluding hydrogens is 326 g/mol. The lowest BCUT2D eigenvalue weighted by Crippen LogP contribution is -2.27. The van der Waals surface area contributed by atoms with Gasteiger partial charge in [0.05, 0.1) is 10.9 Å². The number of nitrogens with one attached hydrogen (secondary N) is 1. The van der Waals surface area contributed by atoms with Crippen molar-refractivity contribution in [1.82, 2.24) is 5.32 Å². The van der Waals surface area contributed by atoms with E-state index in [4.69, 9.17) is 11.6 Å². The summed E-state index contributed by atoms with van der Waals surface area (Å²) in [5.74, 6) is -0.137. The lowest BCUT2D eigenvalue weighted by atomic mass is 10.1. The van der Waals surface area contributed by atoms with Crippen molar-refractivity contribution in [3.8, 4) is 0 Å². The van der Waals surface area contributed by atoms with Crippen LogP contribution in [0.2, 0.25) is 0 Å². The van der Waals surface area contributed by atoms with Crippen LogP contribution in [0.3, 0.4) is 0 Å². The highest BCUT2D eigenvalue weighted by Gasteiger charge is 2.18. The minimum Gasteiger partial charge on any atom is -0.345 e. The fourth-order valence-electron chi connectivity index (χ4n) is 2.08. The Morgan fingerprint density at radius 2 is 1.65 bits per heavy atom. The number of halogens is 1. The summed E-state index contributed by atoms with van der Waals surface area (Å²) in [6.45, 7) is 3.92. The van der Waals surface area contributed by atoms with Gasteiger partial charge in [-0.15, -0.1) is 0 Å². The molecule has 0 bridgehead atoms. The van der Waals surface area contributed by atoms with E-state index in [9.17, 15) is 4.79 Å². The number of amides is 1. The van der Waals surface area contributed by atoms with Crippen LogP contribution in [0.15, 0.2) is 75.5 Å². The lowest BCUT2D eigenvalue weighted by molar-refractivity contribution is -0.117. The van der Waals surface area contributed by atoms with Crippen molar-refractivity contribution < 1.29 is 4.79 Å². The van der Waals surface area contributed by atoms with Gasteiger partial charge >= 0.3 is 0 Å². The molecular formula is C19H20ClNOS. The number of hydrogen-bond acceptors (Lipinski definition) is 2. The van der Waals surface area contributed by atoms with Gasteiger partial charge in [-0.05, 0) is 31.0 Å². The second kappa shape index (κ2) is 8.80. The van der Waals surface area contributed by atoms with Gasteiger partial charge in [-0.2, -0.15) is 0 Å². The number of carbonyl (C=O) groups is 1. The van der Waals surface area contributed by atoms with E-state index in [0.29, 0.717) is 16.4 Å². The van der Waals surface area contributed by atoms with Crippen LogP contribution in [-0.2, 0) is 4.79 Å². The minimum atomic E-state index is -0.137. The number of rotatable bonds is 6. The highest BCUT2D eigenvalue weighted by molar-refractivity contribution is 8.04. The highest BCUT2D eigenvalue weighted by atomic mass is 35.5. The average Bonchev–Trinajstić information content (AvgIpc) is 2.60. The van der Waals surface area contributed by atoms with Crippen molar-refractivity contribution >= 4 is 29.3 Å². The molecule has 2 aromatic rings. The Kier molecular flexibility index (Phi) is 6.75. The van der Waals surface area contributed by atoms with E-state index in [1.807, 2.05) is 74.5 Å². The summed E-state index contributed by atoms with van der Waals surface area (Å²) in [6, 6.07) is 19.6. The van der Waals surface area contributed by atoms with Gasteiger partial charge in [0.2, 0.25) is 0 Å². The van der Waals surface area contributed by atoms with Crippen molar-refractivity contribution in [3.05, 3.63) is 76.2 Å². The standard InChI is InChI=1S/C19H20ClNOS/c1-3-17(20)18(23-16-12-8-5-9-13-16)19(22)21-14(2)15-10-6-4-7-11-15/h4-14H,3H2,1-2H3,(H,21,22)/b18-17-/t14-/m0/s1. The molecule has 0 radical (unpaired) electrons. The molecule has 0 spiro atoms. The summed E-state index contributed by atoms with van der Waals surface area (Å²) >= 11 is 7.71. The highest BCUT2D eigenvalue weighted by Crippen LogP contribution is 2.32. The third-order valence-corrected chi connectivity index (χ3v) is 5.09. The van der Waals surface area contributed by atoms with E-state index >= 15 is 0 Å². The van der Waals surface area contributed by atoms with Gasteiger partial charge in [0.1, 0.15) is 0 Å². The predicted molar refractivity (Wildman–Crippen MR) is 98.5 cm³/mol. The molecule has 0 saturated heterocycles. The number of hydrogen-bond donors (Lipinski definition) is 1. The summed E-state index contributed by atoms with van der Waals surface area (Å²) in [5, 5.41) is 3.61. The molecule has 0 saturated carbocycles. The van der Waals surface area contributed by atoms with Gasteiger partial charge in [0, 0.05) is 9.93 Å². The Hall–Kier alpha value is -1.71. The Balaban J connectivity index is 2.15. The Morgan fingerprint density at radius 1 is 1.09 bits per heavy atom. The van der Waals surface area contributed by atoms with Gasteiger partial charge in [-0.25, -0.2) is 0 Å². The van der Waals surface area contributed by atoms with Gasteiger partial charge < -0.3 is 5.32 Å². The van der Waals surface area contributed by atoms with Crippen LogP contribution in [0.1, 0.15) is 31.9 Å². The zero-order valence-corrected chi connectivity index (χ0v) is 14.8. The maximum atomic E-state index is 12.7. The number of benzene rings is 2. The van der Waals surface area contributed by atoms with E-state index < -0.39 is 0 Å². The fraction of sp³-hybridized carbons (Fsp3) is 0.211. The van der Waals surface area contributed by atoms with E-state index in [-0.39, 0.29) is 11.9 Å². The SMILES string of the molecule is CC/C(Cl)=C(/Sc1ccccc1)C(=O)N[C@@H](C)c1ccccc1. The van der Waals surface area contributed by atoms with Crippen LogP contribution in [0.5, 0.6) is 0 Å². The average molecular weight is 346 g/mol. The van der Waals surface area contributed by atoms with Crippen LogP contribution in [-0.4, -0.2) is 5.91 Å². The monoisotopic (exact) mass is 345 g/mol. The molecule has 0 fully saturated rings. The van der Waals surface area contributed by atoms with Crippen LogP contribution in [0.4, 0.5) is 0 Å². The maximum absolute atomic E-state index is 12.7. The zero-order valence-electron chi connectivity index (χ0n) is 13.3. The molecule has 2 aromatic carbocycles. The van der Waals surface area contributed by atoms with E-state index in [1.165, 1.54) is 11.8 Å². The molecule has 0 aliphatic heterocycles. The van der Waals surface area contributed by atoms with Gasteiger partial charge in [0.25, 0.3) is 5.91 Å². The third kappa shape index (κ3) is 5.15. The molecule has 4 heteroatoms. The largest absolute Gasteiger partial charge is 0.345 e. The molecule has 0 heterocycles. The quantitative estimate of drug-likeness (QED) is 0.552. The smallest absolute Gasteiger partial charge is 0.259 e. The fourth-order valence-corrected chi connectivity index (χ4v) is 3.22. The first-order chi connectivity index (χ1) is 11.1. The minimum absolute atomic E-state index is 0.0728. The van der Waals surface area contributed by atoms with Crippen molar-refractivity contribution in [2.75, 3.05) is 0 Å². The van der Waals surface area contributed by atoms with Crippen LogP contribution in [0, 0.1) is 0 Å². The molecule has 0 aliphatic carbocycles. The first-order valence-electron chi connectivity index (χ1n) is 7.59. The summed E-state index contributed by atoms with van der Waals surface area (Å²) in [7, 11) is 0. The Morgan fingerprint density at radius 3 is 2.22 bits per heavy atom. The van der Waals surface area contributed by atoms with Crippen LogP contribution >= 0.6 is 23.4 Å². The van der Waals surface area contributed by atoms with Crippen molar-refractivity contribution in [2.24, 2.45) is 0 Å². The molecule has 23 heavy (non-hydrogen) atoms. The maximum Gasteiger partial charge on any atom is 0.259 e. The summed E-state index contributed by atoms with van der Waals surface area (Å²) < 4.78 is 0. The molecule has 1 atom stereocenters. The van der Waals surface area contributed by atoms with Gasteiger partial charge in [-0.3, -0.25) is 4.79 Å².